The maximum atomic E-state index is 11.7. The fraction of sp³-hybridized carbons (Fsp3) is 0.500. The van der Waals surface area contributed by atoms with Gasteiger partial charge in [0.1, 0.15) is 5.52 Å². The van der Waals surface area contributed by atoms with Gasteiger partial charge in [0.05, 0.1) is 17.0 Å². The molecule has 0 bridgehead atoms. The molecule has 19 heavy (non-hydrogen) atoms. The van der Waals surface area contributed by atoms with Crippen LogP contribution in [-0.4, -0.2) is 34.9 Å². The summed E-state index contributed by atoms with van der Waals surface area (Å²) in [5.41, 5.74) is 1.78. The first-order chi connectivity index (χ1) is 9.03. The molecule has 0 aliphatic carbocycles. The van der Waals surface area contributed by atoms with Gasteiger partial charge in [-0.3, -0.25) is 0 Å². The van der Waals surface area contributed by atoms with Gasteiger partial charge in [0.15, 0.2) is 9.84 Å². The Morgan fingerprint density at radius 2 is 2.26 bits per heavy atom. The maximum absolute atomic E-state index is 11.7. The zero-order chi connectivity index (χ0) is 13.5. The van der Waals surface area contributed by atoms with E-state index in [-0.39, 0.29) is 11.7 Å². The summed E-state index contributed by atoms with van der Waals surface area (Å²) in [6.07, 6.45) is 1.69. The van der Waals surface area contributed by atoms with Crippen LogP contribution in [-0.2, 0) is 16.4 Å². The molecule has 2 heterocycles. The van der Waals surface area contributed by atoms with Crippen LogP contribution in [0.25, 0.3) is 11.0 Å². The molecule has 0 N–H and O–H groups in total. The molecule has 1 saturated heterocycles. The lowest BCUT2D eigenvalue weighted by atomic mass is 10.1. The van der Waals surface area contributed by atoms with E-state index >= 15 is 0 Å². The van der Waals surface area contributed by atoms with Gasteiger partial charge in [0.25, 0.3) is 0 Å². The number of hydrogen-bond donors (Lipinski definition) is 0. The summed E-state index contributed by atoms with van der Waals surface area (Å²) in [4.78, 5) is 0. The monoisotopic (exact) mass is 343 g/mol. The Morgan fingerprint density at radius 1 is 1.42 bits per heavy atom. The zero-order valence-corrected chi connectivity index (χ0v) is 12.7. The molecule has 0 amide bonds. The van der Waals surface area contributed by atoms with Gasteiger partial charge in [-0.25, -0.2) is 13.1 Å². The molecular formula is C12H14BrN3O2S. The van der Waals surface area contributed by atoms with Gasteiger partial charge < -0.3 is 0 Å². The van der Waals surface area contributed by atoms with Crippen molar-refractivity contribution in [3.8, 4) is 0 Å². The smallest absolute Gasteiger partial charge is 0.150 e. The molecule has 1 aliphatic rings. The lowest BCUT2D eigenvalue weighted by Crippen LogP contribution is -2.28. The van der Waals surface area contributed by atoms with Crippen LogP contribution in [0.5, 0.6) is 0 Å². The summed E-state index contributed by atoms with van der Waals surface area (Å²) in [7, 11) is -2.87. The third-order valence-electron chi connectivity index (χ3n) is 3.46. The van der Waals surface area contributed by atoms with Gasteiger partial charge in [-0.05, 0) is 37.0 Å². The van der Waals surface area contributed by atoms with Crippen molar-refractivity contribution in [2.45, 2.75) is 19.4 Å². The number of halogens is 1. The van der Waals surface area contributed by atoms with Crippen molar-refractivity contribution < 1.29 is 8.42 Å². The predicted octanol–water partition coefficient (Wildman–Crippen LogP) is 2.02. The van der Waals surface area contributed by atoms with E-state index in [9.17, 15) is 8.42 Å². The molecule has 3 rings (SSSR count). The minimum Gasteiger partial charge on any atom is -0.244 e. The van der Waals surface area contributed by atoms with Crippen LogP contribution >= 0.6 is 15.9 Å². The third-order valence-corrected chi connectivity index (χ3v) is 5.85. The third kappa shape index (κ3) is 2.81. The molecule has 1 aromatic carbocycles. The first-order valence-electron chi connectivity index (χ1n) is 6.23. The van der Waals surface area contributed by atoms with Gasteiger partial charge in [-0.1, -0.05) is 21.1 Å². The first-order valence-corrected chi connectivity index (χ1v) is 8.84. The first kappa shape index (κ1) is 13.1. The molecule has 1 aromatic heterocycles. The second kappa shape index (κ2) is 4.86. The van der Waals surface area contributed by atoms with Crippen molar-refractivity contribution >= 4 is 36.8 Å². The molecule has 0 saturated carbocycles. The second-order valence-corrected chi connectivity index (χ2v) is 8.17. The molecule has 0 radical (unpaired) electrons. The fourth-order valence-electron chi connectivity index (χ4n) is 2.58. The van der Waals surface area contributed by atoms with Crippen LogP contribution in [0.2, 0.25) is 0 Å². The molecule has 1 atom stereocenters. The predicted molar refractivity (Wildman–Crippen MR) is 76.6 cm³/mol. The Bertz CT molecular complexity index is 711. The second-order valence-electron chi connectivity index (χ2n) is 5.03. The summed E-state index contributed by atoms with van der Waals surface area (Å²) in [5, 5.41) is 8.23. The number of rotatable bonds is 2. The van der Waals surface area contributed by atoms with Crippen molar-refractivity contribution in [2.24, 2.45) is 5.92 Å². The largest absolute Gasteiger partial charge is 0.244 e. The summed E-state index contributed by atoms with van der Waals surface area (Å²) in [6.45, 7) is 0.617. The van der Waals surface area contributed by atoms with E-state index in [4.69, 9.17) is 0 Å². The zero-order valence-electron chi connectivity index (χ0n) is 10.3. The minimum absolute atomic E-state index is 0.141. The van der Waals surface area contributed by atoms with Crippen LogP contribution in [0.15, 0.2) is 22.7 Å². The topological polar surface area (TPSA) is 64.8 Å². The summed E-state index contributed by atoms with van der Waals surface area (Å²) < 4.78 is 26.1. The van der Waals surface area contributed by atoms with E-state index in [0.29, 0.717) is 12.3 Å². The van der Waals surface area contributed by atoms with E-state index in [1.165, 1.54) is 0 Å². The molecule has 7 heteroatoms. The standard InChI is InChI=1S/C12H14BrN3O2S/c13-10-3-4-11-12(6-10)16(15-14-11)7-9-2-1-5-19(17,18)8-9/h3-4,6,9H,1-2,5,7-8H2. The summed E-state index contributed by atoms with van der Waals surface area (Å²) in [5.74, 6) is 0.734. The molecular weight excluding hydrogens is 330 g/mol. The van der Waals surface area contributed by atoms with Crippen LogP contribution < -0.4 is 0 Å². The van der Waals surface area contributed by atoms with Gasteiger partial charge in [0.2, 0.25) is 0 Å². The lowest BCUT2D eigenvalue weighted by Gasteiger charge is -2.21. The van der Waals surface area contributed by atoms with Crippen LogP contribution in [0.4, 0.5) is 0 Å². The Labute approximate surface area is 120 Å². The summed E-state index contributed by atoms with van der Waals surface area (Å²) >= 11 is 3.43. The highest BCUT2D eigenvalue weighted by atomic mass is 79.9. The van der Waals surface area contributed by atoms with E-state index in [2.05, 4.69) is 26.2 Å². The molecule has 1 aliphatic heterocycles. The molecule has 1 unspecified atom stereocenters. The summed E-state index contributed by atoms with van der Waals surface area (Å²) in [6, 6.07) is 5.79. The molecule has 0 spiro atoms. The van der Waals surface area contributed by atoms with E-state index in [0.717, 1.165) is 28.3 Å². The number of nitrogens with zero attached hydrogens (tertiary/aromatic N) is 3. The maximum Gasteiger partial charge on any atom is 0.150 e. The lowest BCUT2D eigenvalue weighted by molar-refractivity contribution is 0.407. The average molecular weight is 344 g/mol. The quantitative estimate of drug-likeness (QED) is 0.836. The molecule has 2 aromatic rings. The van der Waals surface area contributed by atoms with Crippen molar-refractivity contribution in [1.82, 2.24) is 15.0 Å². The Hall–Kier alpha value is -0.950. The van der Waals surface area contributed by atoms with Gasteiger partial charge in [0, 0.05) is 11.0 Å². The van der Waals surface area contributed by atoms with E-state index < -0.39 is 9.84 Å². The minimum atomic E-state index is -2.87. The van der Waals surface area contributed by atoms with Crippen LogP contribution in [0, 0.1) is 5.92 Å². The van der Waals surface area contributed by atoms with Crippen LogP contribution in [0.1, 0.15) is 12.8 Å². The fourth-order valence-corrected chi connectivity index (χ4v) is 4.69. The van der Waals surface area contributed by atoms with Crippen molar-refractivity contribution in [3.05, 3.63) is 22.7 Å². The molecule has 102 valence electrons. The number of benzene rings is 1. The Kier molecular flexibility index (Phi) is 3.34. The number of aromatic nitrogens is 3. The van der Waals surface area contributed by atoms with Gasteiger partial charge >= 0.3 is 0 Å². The van der Waals surface area contributed by atoms with E-state index in [1.54, 1.807) is 0 Å². The Morgan fingerprint density at radius 3 is 3.05 bits per heavy atom. The van der Waals surface area contributed by atoms with Gasteiger partial charge in [-0.15, -0.1) is 5.10 Å². The van der Waals surface area contributed by atoms with Crippen molar-refractivity contribution in [1.29, 1.82) is 0 Å². The highest BCUT2D eigenvalue weighted by Gasteiger charge is 2.25. The molecule has 1 fully saturated rings. The Balaban J connectivity index is 1.87. The van der Waals surface area contributed by atoms with Gasteiger partial charge in [-0.2, -0.15) is 0 Å². The van der Waals surface area contributed by atoms with Crippen molar-refractivity contribution in [3.63, 3.8) is 0 Å². The van der Waals surface area contributed by atoms with Crippen molar-refractivity contribution in [2.75, 3.05) is 11.5 Å². The SMILES string of the molecule is O=S1(=O)CCCC(Cn2nnc3ccc(Br)cc32)C1. The number of sulfone groups is 1. The molecule has 5 nitrogen and oxygen atoms in total. The normalized spacial score (nSPS) is 22.7. The van der Waals surface area contributed by atoms with Crippen LogP contribution in [0.3, 0.4) is 0 Å². The highest BCUT2D eigenvalue weighted by molar-refractivity contribution is 9.10. The highest BCUT2D eigenvalue weighted by Crippen LogP contribution is 2.23. The number of fused-ring (bicyclic) bond motifs is 1. The number of hydrogen-bond acceptors (Lipinski definition) is 4. The van der Waals surface area contributed by atoms with E-state index in [1.807, 2.05) is 22.9 Å². The average Bonchev–Trinajstić information content (AvgIpc) is 2.71.